The maximum Gasteiger partial charge on any atom is 0.143 e. The lowest BCUT2D eigenvalue weighted by atomic mass is 10.2. The van der Waals surface area contributed by atoms with Gasteiger partial charge in [0.2, 0.25) is 0 Å². The fraction of sp³-hybridized carbons (Fsp3) is 0.125. The van der Waals surface area contributed by atoms with Crippen LogP contribution in [0.2, 0.25) is 5.02 Å². The molecule has 0 atom stereocenters. The van der Waals surface area contributed by atoms with Crippen LogP contribution in [0, 0.1) is 0 Å². The zero-order chi connectivity index (χ0) is 11.4. The molecule has 0 saturated heterocycles. The second-order valence-electron chi connectivity index (χ2n) is 2.88. The number of aromatic nitrogens is 4. The van der Waals surface area contributed by atoms with Gasteiger partial charge in [-0.25, -0.2) is 4.68 Å². The van der Waals surface area contributed by atoms with Crippen molar-refractivity contribution in [3.8, 4) is 5.69 Å². The predicted octanol–water partition coefficient (Wildman–Crippen LogP) is 2.13. The van der Waals surface area contributed by atoms with Crippen LogP contribution in [0.5, 0.6) is 0 Å². The van der Waals surface area contributed by atoms with E-state index in [9.17, 15) is 0 Å². The molecule has 0 N–H and O–H groups in total. The molecule has 0 spiro atoms. The van der Waals surface area contributed by atoms with Gasteiger partial charge in [-0.1, -0.05) is 22.8 Å². The highest BCUT2D eigenvalue weighted by Gasteiger charge is 2.08. The van der Waals surface area contributed by atoms with E-state index in [0.717, 1.165) is 0 Å². The fourth-order valence-electron chi connectivity index (χ4n) is 1.29. The summed E-state index contributed by atoms with van der Waals surface area (Å²) in [6.45, 7) is 0.158. The maximum absolute atomic E-state index is 8.31. The summed E-state index contributed by atoms with van der Waals surface area (Å²) in [7, 11) is 0. The Balaban J connectivity index is 2.52. The van der Waals surface area contributed by atoms with Gasteiger partial charge in [-0.05, 0) is 28.1 Å². The monoisotopic (exact) mass is 235 g/mol. The average Bonchev–Trinajstić information content (AvgIpc) is 2.80. The molecule has 1 aromatic heterocycles. The van der Waals surface area contributed by atoms with Crippen molar-refractivity contribution in [2.45, 2.75) is 6.54 Å². The molecule has 0 aliphatic rings. The molecule has 0 amide bonds. The molecule has 0 fully saturated rings. The summed E-state index contributed by atoms with van der Waals surface area (Å²) in [6.07, 6.45) is 1.45. The molecule has 0 aliphatic heterocycles. The van der Waals surface area contributed by atoms with Crippen LogP contribution >= 0.6 is 11.6 Å². The Kier molecular flexibility index (Phi) is 3.00. The van der Waals surface area contributed by atoms with Crippen molar-refractivity contribution in [1.29, 1.82) is 0 Å². The molecule has 0 bridgehead atoms. The van der Waals surface area contributed by atoms with E-state index < -0.39 is 0 Å². The molecule has 2 rings (SSSR count). The van der Waals surface area contributed by atoms with Gasteiger partial charge < -0.3 is 0 Å². The average molecular weight is 236 g/mol. The van der Waals surface area contributed by atoms with Crippen LogP contribution in [-0.4, -0.2) is 20.2 Å². The number of tetrazole rings is 1. The first kappa shape index (κ1) is 10.4. The third kappa shape index (κ3) is 1.95. The van der Waals surface area contributed by atoms with Crippen LogP contribution in [-0.2, 0) is 6.54 Å². The van der Waals surface area contributed by atoms with E-state index >= 15 is 0 Å². The molecule has 0 saturated carbocycles. The molecular formula is C8H6ClN7. The smallest absolute Gasteiger partial charge is 0.143 e. The first-order valence-electron chi connectivity index (χ1n) is 4.34. The van der Waals surface area contributed by atoms with E-state index in [2.05, 4.69) is 25.6 Å². The summed E-state index contributed by atoms with van der Waals surface area (Å²) in [6, 6.07) is 5.29. The van der Waals surface area contributed by atoms with Crippen LogP contribution in [0.3, 0.4) is 0 Å². The van der Waals surface area contributed by atoms with Crippen molar-refractivity contribution in [1.82, 2.24) is 20.2 Å². The molecule has 0 unspecified atom stereocenters. The van der Waals surface area contributed by atoms with Gasteiger partial charge in [0.1, 0.15) is 6.33 Å². The van der Waals surface area contributed by atoms with E-state index in [0.29, 0.717) is 16.3 Å². The van der Waals surface area contributed by atoms with Gasteiger partial charge in [-0.2, -0.15) is 0 Å². The summed E-state index contributed by atoms with van der Waals surface area (Å²) in [5.41, 5.74) is 9.70. The molecule has 2 aromatic rings. The van der Waals surface area contributed by atoms with Crippen molar-refractivity contribution in [2.24, 2.45) is 5.11 Å². The van der Waals surface area contributed by atoms with Crippen molar-refractivity contribution in [3.05, 3.63) is 45.6 Å². The molecule has 0 radical (unpaired) electrons. The fourth-order valence-corrected chi connectivity index (χ4v) is 1.52. The lowest BCUT2D eigenvalue weighted by Crippen LogP contribution is -2.00. The topological polar surface area (TPSA) is 92.4 Å². The van der Waals surface area contributed by atoms with Gasteiger partial charge in [0.05, 0.1) is 12.2 Å². The Labute approximate surface area is 95.3 Å². The quantitative estimate of drug-likeness (QED) is 0.463. The zero-order valence-corrected chi connectivity index (χ0v) is 8.78. The number of hydrogen-bond donors (Lipinski definition) is 0. The van der Waals surface area contributed by atoms with Crippen molar-refractivity contribution in [2.75, 3.05) is 0 Å². The summed E-state index contributed by atoms with van der Waals surface area (Å²) in [4.78, 5) is 2.70. The summed E-state index contributed by atoms with van der Waals surface area (Å²) >= 11 is 6.02. The van der Waals surface area contributed by atoms with Gasteiger partial charge >= 0.3 is 0 Å². The number of halogens is 1. The minimum atomic E-state index is 0.158. The minimum Gasteiger partial charge on any atom is -0.200 e. The highest BCUT2D eigenvalue weighted by atomic mass is 35.5. The van der Waals surface area contributed by atoms with Gasteiger partial charge in [0.25, 0.3) is 0 Å². The van der Waals surface area contributed by atoms with Gasteiger partial charge in [0, 0.05) is 15.5 Å². The van der Waals surface area contributed by atoms with E-state index in [1.807, 2.05) is 0 Å². The molecule has 1 aromatic carbocycles. The van der Waals surface area contributed by atoms with Gasteiger partial charge in [-0.3, -0.25) is 0 Å². The Bertz CT molecular complexity index is 529. The Morgan fingerprint density at radius 3 is 3.06 bits per heavy atom. The van der Waals surface area contributed by atoms with E-state index in [1.165, 1.54) is 11.0 Å². The second-order valence-corrected chi connectivity index (χ2v) is 3.29. The standard InChI is InChI=1S/C8H6ClN7/c9-7-2-1-3-8(6(7)4-11-13-10)16-5-12-14-15-16/h1-3,5H,4H2. The van der Waals surface area contributed by atoms with Crippen LogP contribution < -0.4 is 0 Å². The summed E-state index contributed by atoms with van der Waals surface area (Å²) in [5, 5.41) is 14.8. The van der Waals surface area contributed by atoms with Crippen molar-refractivity contribution < 1.29 is 0 Å². The van der Waals surface area contributed by atoms with Crippen LogP contribution in [0.15, 0.2) is 29.6 Å². The van der Waals surface area contributed by atoms with E-state index in [1.54, 1.807) is 18.2 Å². The first-order valence-corrected chi connectivity index (χ1v) is 4.72. The number of hydrogen-bond acceptors (Lipinski definition) is 4. The Morgan fingerprint density at radius 1 is 1.50 bits per heavy atom. The molecule has 16 heavy (non-hydrogen) atoms. The maximum atomic E-state index is 8.31. The van der Waals surface area contributed by atoms with Gasteiger partial charge in [0.15, 0.2) is 0 Å². The van der Waals surface area contributed by atoms with Crippen LogP contribution in [0.4, 0.5) is 0 Å². The molecule has 80 valence electrons. The predicted molar refractivity (Wildman–Crippen MR) is 57.0 cm³/mol. The van der Waals surface area contributed by atoms with Crippen molar-refractivity contribution in [3.63, 3.8) is 0 Å². The van der Waals surface area contributed by atoms with E-state index in [-0.39, 0.29) is 6.54 Å². The largest absolute Gasteiger partial charge is 0.200 e. The Hall–Kier alpha value is -2.11. The molecule has 1 heterocycles. The van der Waals surface area contributed by atoms with Crippen LogP contribution in [0.1, 0.15) is 5.56 Å². The van der Waals surface area contributed by atoms with Crippen LogP contribution in [0.25, 0.3) is 16.1 Å². The Morgan fingerprint density at radius 2 is 2.38 bits per heavy atom. The minimum absolute atomic E-state index is 0.158. The highest BCUT2D eigenvalue weighted by Crippen LogP contribution is 2.23. The number of benzene rings is 1. The van der Waals surface area contributed by atoms with Gasteiger partial charge in [-0.15, -0.1) is 5.10 Å². The molecular weight excluding hydrogens is 230 g/mol. The number of nitrogens with zero attached hydrogens (tertiary/aromatic N) is 7. The summed E-state index contributed by atoms with van der Waals surface area (Å²) in [5.74, 6) is 0. The lowest BCUT2D eigenvalue weighted by molar-refractivity contribution is 0.779. The van der Waals surface area contributed by atoms with E-state index in [4.69, 9.17) is 17.1 Å². The normalized spacial score (nSPS) is 9.81. The SMILES string of the molecule is [N-]=[N+]=NCc1c(Cl)cccc1-n1cnnn1. The third-order valence-corrected chi connectivity index (χ3v) is 2.34. The first-order chi connectivity index (χ1) is 7.83. The summed E-state index contributed by atoms with van der Waals surface area (Å²) < 4.78 is 1.47. The number of azide groups is 1. The second kappa shape index (κ2) is 4.61. The zero-order valence-electron chi connectivity index (χ0n) is 8.02. The lowest BCUT2D eigenvalue weighted by Gasteiger charge is -2.07. The number of rotatable bonds is 3. The molecule has 7 nitrogen and oxygen atoms in total. The van der Waals surface area contributed by atoms with Crippen molar-refractivity contribution >= 4 is 11.6 Å². The molecule has 8 heteroatoms. The molecule has 0 aliphatic carbocycles. The third-order valence-electron chi connectivity index (χ3n) is 1.98. The highest BCUT2D eigenvalue weighted by molar-refractivity contribution is 6.31.